The molecule has 0 heterocycles. The lowest BCUT2D eigenvalue weighted by molar-refractivity contribution is 0.282. The molecule has 0 aliphatic carbocycles. The van der Waals surface area contributed by atoms with Crippen LogP contribution in [-0.2, 0) is 6.61 Å². The molecule has 1 aromatic rings. The molecule has 0 aliphatic heterocycles. The molecule has 58 valence electrons. The normalized spacial score (nSPS) is 9.64. The summed E-state index contributed by atoms with van der Waals surface area (Å²) < 4.78 is 0. The molecule has 0 spiro atoms. The predicted molar refractivity (Wildman–Crippen MR) is 47.2 cm³/mol. The van der Waals surface area contributed by atoms with Gasteiger partial charge in [-0.2, -0.15) is 0 Å². The molecule has 0 saturated carbocycles. The molecule has 0 aromatic heterocycles. The van der Waals surface area contributed by atoms with Gasteiger partial charge >= 0.3 is 0 Å². The van der Waals surface area contributed by atoms with Gasteiger partial charge in [-0.05, 0) is 23.6 Å². The standard InChI is InChI=1S/C10H12O/c1-3-10-5-4-9(7-11)6-8(10)2/h3-6,11H,1,7H2,2H3. The van der Waals surface area contributed by atoms with Gasteiger partial charge in [0.05, 0.1) is 6.61 Å². The van der Waals surface area contributed by atoms with E-state index in [1.165, 1.54) is 0 Å². The minimum atomic E-state index is 0.109. The van der Waals surface area contributed by atoms with Gasteiger partial charge in [-0.25, -0.2) is 0 Å². The van der Waals surface area contributed by atoms with Gasteiger partial charge in [-0.15, -0.1) is 0 Å². The number of rotatable bonds is 2. The van der Waals surface area contributed by atoms with Gasteiger partial charge in [0, 0.05) is 0 Å². The van der Waals surface area contributed by atoms with E-state index >= 15 is 0 Å². The zero-order chi connectivity index (χ0) is 8.27. The van der Waals surface area contributed by atoms with Crippen LogP contribution in [-0.4, -0.2) is 5.11 Å². The highest BCUT2D eigenvalue weighted by atomic mass is 16.3. The fourth-order valence-corrected chi connectivity index (χ4v) is 1.07. The second-order valence-electron chi connectivity index (χ2n) is 2.55. The van der Waals surface area contributed by atoms with Crippen LogP contribution < -0.4 is 0 Å². The van der Waals surface area contributed by atoms with Crippen molar-refractivity contribution in [3.05, 3.63) is 41.5 Å². The van der Waals surface area contributed by atoms with Gasteiger partial charge in [0.1, 0.15) is 0 Å². The lowest BCUT2D eigenvalue weighted by Gasteiger charge is -2.01. The smallest absolute Gasteiger partial charge is 0.0681 e. The number of benzene rings is 1. The van der Waals surface area contributed by atoms with Crippen LogP contribution in [0.2, 0.25) is 0 Å². The highest BCUT2D eigenvalue weighted by Gasteiger charge is 1.94. The number of aryl methyl sites for hydroxylation is 1. The first-order valence-electron chi connectivity index (χ1n) is 3.60. The van der Waals surface area contributed by atoms with Gasteiger partial charge in [0.25, 0.3) is 0 Å². The van der Waals surface area contributed by atoms with Crippen LogP contribution in [0.15, 0.2) is 24.8 Å². The number of hydrogen-bond donors (Lipinski definition) is 1. The lowest BCUT2D eigenvalue weighted by Crippen LogP contribution is -1.86. The number of aliphatic hydroxyl groups is 1. The summed E-state index contributed by atoms with van der Waals surface area (Å²) in [5, 5.41) is 8.80. The Labute approximate surface area is 67.0 Å². The summed E-state index contributed by atoms with van der Waals surface area (Å²) in [6.45, 7) is 5.80. The quantitative estimate of drug-likeness (QED) is 0.681. The molecule has 0 aliphatic rings. The van der Waals surface area contributed by atoms with Gasteiger partial charge in [-0.3, -0.25) is 0 Å². The summed E-state index contributed by atoms with van der Waals surface area (Å²) in [5.41, 5.74) is 3.24. The second kappa shape index (κ2) is 3.35. The lowest BCUT2D eigenvalue weighted by atomic mass is 10.1. The summed E-state index contributed by atoms with van der Waals surface area (Å²) in [4.78, 5) is 0. The third kappa shape index (κ3) is 1.69. The molecular weight excluding hydrogens is 136 g/mol. The van der Waals surface area contributed by atoms with E-state index in [0.717, 1.165) is 16.7 Å². The minimum Gasteiger partial charge on any atom is -0.392 e. The zero-order valence-corrected chi connectivity index (χ0v) is 6.67. The van der Waals surface area contributed by atoms with Gasteiger partial charge < -0.3 is 5.11 Å². The van der Waals surface area contributed by atoms with Gasteiger partial charge in [0.15, 0.2) is 0 Å². The second-order valence-corrected chi connectivity index (χ2v) is 2.55. The van der Waals surface area contributed by atoms with Crippen molar-refractivity contribution < 1.29 is 5.11 Å². The van der Waals surface area contributed by atoms with Crippen LogP contribution in [0.5, 0.6) is 0 Å². The van der Waals surface area contributed by atoms with Gasteiger partial charge in [0.2, 0.25) is 0 Å². The predicted octanol–water partition coefficient (Wildman–Crippen LogP) is 2.13. The Morgan fingerprint density at radius 1 is 1.55 bits per heavy atom. The summed E-state index contributed by atoms with van der Waals surface area (Å²) in [6, 6.07) is 5.84. The average molecular weight is 148 g/mol. The number of hydrogen-bond acceptors (Lipinski definition) is 1. The third-order valence-electron chi connectivity index (χ3n) is 1.74. The molecule has 0 radical (unpaired) electrons. The molecule has 0 atom stereocenters. The maximum absolute atomic E-state index is 8.80. The summed E-state index contributed by atoms with van der Waals surface area (Å²) in [5.74, 6) is 0. The Balaban J connectivity index is 3.09. The van der Waals surface area contributed by atoms with E-state index in [1.807, 2.05) is 31.2 Å². The van der Waals surface area contributed by atoms with Crippen LogP contribution in [0.4, 0.5) is 0 Å². The molecular formula is C10H12O. The van der Waals surface area contributed by atoms with Crippen LogP contribution in [0, 0.1) is 6.92 Å². The van der Waals surface area contributed by atoms with E-state index in [1.54, 1.807) is 0 Å². The Kier molecular flexibility index (Phi) is 2.44. The highest BCUT2D eigenvalue weighted by molar-refractivity contribution is 5.52. The largest absolute Gasteiger partial charge is 0.392 e. The van der Waals surface area contributed by atoms with E-state index in [0.29, 0.717) is 0 Å². The molecule has 1 heteroatoms. The topological polar surface area (TPSA) is 20.2 Å². The Morgan fingerprint density at radius 3 is 2.73 bits per heavy atom. The molecule has 0 bridgehead atoms. The van der Waals surface area contributed by atoms with Gasteiger partial charge in [-0.1, -0.05) is 30.9 Å². The Bertz CT molecular complexity index is 264. The van der Waals surface area contributed by atoms with Crippen molar-refractivity contribution in [2.75, 3.05) is 0 Å². The molecule has 1 aromatic carbocycles. The van der Waals surface area contributed by atoms with E-state index in [4.69, 9.17) is 5.11 Å². The molecule has 0 amide bonds. The highest BCUT2D eigenvalue weighted by Crippen LogP contribution is 2.11. The number of aliphatic hydroxyl groups excluding tert-OH is 1. The van der Waals surface area contributed by atoms with E-state index < -0.39 is 0 Å². The van der Waals surface area contributed by atoms with E-state index in [-0.39, 0.29) is 6.61 Å². The Morgan fingerprint density at radius 2 is 2.27 bits per heavy atom. The monoisotopic (exact) mass is 148 g/mol. The fourth-order valence-electron chi connectivity index (χ4n) is 1.07. The van der Waals surface area contributed by atoms with Crippen LogP contribution in [0.3, 0.4) is 0 Å². The molecule has 1 nitrogen and oxygen atoms in total. The Hall–Kier alpha value is -1.08. The summed E-state index contributed by atoms with van der Waals surface area (Å²) >= 11 is 0. The van der Waals surface area contributed by atoms with Crippen molar-refractivity contribution >= 4 is 6.08 Å². The van der Waals surface area contributed by atoms with Crippen molar-refractivity contribution in [1.29, 1.82) is 0 Å². The van der Waals surface area contributed by atoms with E-state index in [9.17, 15) is 0 Å². The maximum atomic E-state index is 8.80. The van der Waals surface area contributed by atoms with Crippen molar-refractivity contribution in [3.63, 3.8) is 0 Å². The summed E-state index contributed by atoms with van der Waals surface area (Å²) in [6.07, 6.45) is 1.82. The molecule has 0 saturated heterocycles. The first kappa shape index (κ1) is 8.02. The molecule has 11 heavy (non-hydrogen) atoms. The van der Waals surface area contributed by atoms with Crippen molar-refractivity contribution in [2.45, 2.75) is 13.5 Å². The first-order valence-corrected chi connectivity index (χ1v) is 3.60. The SMILES string of the molecule is C=Cc1ccc(CO)cc1C. The fraction of sp³-hybridized carbons (Fsp3) is 0.200. The summed E-state index contributed by atoms with van der Waals surface area (Å²) in [7, 11) is 0. The third-order valence-corrected chi connectivity index (χ3v) is 1.74. The minimum absolute atomic E-state index is 0.109. The van der Waals surface area contributed by atoms with Crippen molar-refractivity contribution in [1.82, 2.24) is 0 Å². The molecule has 1 rings (SSSR count). The van der Waals surface area contributed by atoms with E-state index in [2.05, 4.69) is 6.58 Å². The zero-order valence-electron chi connectivity index (χ0n) is 6.67. The molecule has 1 N–H and O–H groups in total. The molecule has 0 unspecified atom stereocenters. The maximum Gasteiger partial charge on any atom is 0.0681 e. The van der Waals surface area contributed by atoms with Crippen molar-refractivity contribution in [2.24, 2.45) is 0 Å². The first-order chi connectivity index (χ1) is 5.27. The molecule has 0 fully saturated rings. The average Bonchev–Trinajstić information content (AvgIpc) is 2.04. The van der Waals surface area contributed by atoms with Crippen molar-refractivity contribution in [3.8, 4) is 0 Å². The van der Waals surface area contributed by atoms with Crippen LogP contribution in [0.1, 0.15) is 16.7 Å². The van der Waals surface area contributed by atoms with Crippen LogP contribution >= 0.6 is 0 Å². The van der Waals surface area contributed by atoms with Crippen LogP contribution in [0.25, 0.3) is 6.08 Å².